The molecule has 0 spiro atoms. The van der Waals surface area contributed by atoms with Crippen LogP contribution < -0.4 is 5.32 Å². The predicted molar refractivity (Wildman–Crippen MR) is 79.5 cm³/mol. The summed E-state index contributed by atoms with van der Waals surface area (Å²) in [4.78, 5) is 0. The summed E-state index contributed by atoms with van der Waals surface area (Å²) < 4.78 is 5.52. The first-order valence-corrected chi connectivity index (χ1v) is 7.09. The molecule has 108 valence electrons. The standard InChI is InChI=1S/C16H27NO2/c1-6-19-10-15(11(2)3)17-13(5)14-9-12(4)7-8-16(14)18/h7-9,11,13,15,17-18H,6,10H2,1-5H3. The molecule has 2 N–H and O–H groups in total. The van der Waals surface area contributed by atoms with Crippen LogP contribution in [0.3, 0.4) is 0 Å². The Balaban J connectivity index is 2.75. The lowest BCUT2D eigenvalue weighted by Gasteiger charge is -2.27. The molecule has 0 bridgehead atoms. The van der Waals surface area contributed by atoms with Gasteiger partial charge in [-0.05, 0) is 32.8 Å². The highest BCUT2D eigenvalue weighted by molar-refractivity contribution is 5.37. The Labute approximate surface area is 117 Å². The quantitative estimate of drug-likeness (QED) is 0.794. The molecule has 2 atom stereocenters. The van der Waals surface area contributed by atoms with Gasteiger partial charge in [-0.1, -0.05) is 31.5 Å². The van der Waals surface area contributed by atoms with Gasteiger partial charge in [0.25, 0.3) is 0 Å². The van der Waals surface area contributed by atoms with E-state index >= 15 is 0 Å². The normalized spacial score (nSPS) is 14.6. The molecule has 0 saturated heterocycles. The van der Waals surface area contributed by atoms with E-state index in [0.29, 0.717) is 18.3 Å². The Hall–Kier alpha value is -1.06. The maximum atomic E-state index is 9.96. The van der Waals surface area contributed by atoms with Gasteiger partial charge in [-0.15, -0.1) is 0 Å². The second-order valence-corrected chi connectivity index (χ2v) is 5.46. The van der Waals surface area contributed by atoms with Gasteiger partial charge in [-0.3, -0.25) is 0 Å². The van der Waals surface area contributed by atoms with Gasteiger partial charge in [0.15, 0.2) is 0 Å². The molecule has 2 unspecified atom stereocenters. The molecule has 1 aromatic rings. The molecule has 0 aromatic heterocycles. The fraction of sp³-hybridized carbons (Fsp3) is 0.625. The number of hydrogen-bond acceptors (Lipinski definition) is 3. The molecule has 3 heteroatoms. The Morgan fingerprint density at radius 2 is 1.95 bits per heavy atom. The highest BCUT2D eigenvalue weighted by atomic mass is 16.5. The molecule has 0 amide bonds. The van der Waals surface area contributed by atoms with Gasteiger partial charge in [0.1, 0.15) is 5.75 Å². The number of phenolic OH excluding ortho intramolecular Hbond substituents is 1. The monoisotopic (exact) mass is 265 g/mol. The second-order valence-electron chi connectivity index (χ2n) is 5.46. The summed E-state index contributed by atoms with van der Waals surface area (Å²) in [6.45, 7) is 11.9. The zero-order valence-corrected chi connectivity index (χ0v) is 12.7. The van der Waals surface area contributed by atoms with Crippen molar-refractivity contribution in [3.05, 3.63) is 29.3 Å². The summed E-state index contributed by atoms with van der Waals surface area (Å²) in [6, 6.07) is 6.11. The molecule has 0 fully saturated rings. The van der Waals surface area contributed by atoms with Gasteiger partial charge in [0.05, 0.1) is 6.61 Å². The van der Waals surface area contributed by atoms with Crippen molar-refractivity contribution in [3.8, 4) is 5.75 Å². The number of aryl methyl sites for hydroxylation is 1. The average molecular weight is 265 g/mol. The first-order chi connectivity index (χ1) is 8.95. The molecule has 0 heterocycles. The summed E-state index contributed by atoms with van der Waals surface area (Å²) in [5, 5.41) is 13.5. The van der Waals surface area contributed by atoms with Crippen molar-refractivity contribution in [3.63, 3.8) is 0 Å². The number of ether oxygens (including phenoxy) is 1. The zero-order chi connectivity index (χ0) is 14.4. The highest BCUT2D eigenvalue weighted by Crippen LogP contribution is 2.25. The second kappa shape index (κ2) is 7.51. The van der Waals surface area contributed by atoms with Crippen LogP contribution >= 0.6 is 0 Å². The van der Waals surface area contributed by atoms with Crippen LogP contribution in [0.2, 0.25) is 0 Å². The number of nitrogens with one attached hydrogen (secondary N) is 1. The molecule has 0 saturated carbocycles. The molecule has 0 aliphatic rings. The van der Waals surface area contributed by atoms with E-state index in [1.807, 2.05) is 26.0 Å². The lowest BCUT2D eigenvalue weighted by molar-refractivity contribution is 0.104. The minimum atomic E-state index is 0.104. The lowest BCUT2D eigenvalue weighted by Crippen LogP contribution is -2.39. The third kappa shape index (κ3) is 4.84. The highest BCUT2D eigenvalue weighted by Gasteiger charge is 2.18. The summed E-state index contributed by atoms with van der Waals surface area (Å²) in [5.74, 6) is 0.838. The van der Waals surface area contributed by atoms with Crippen molar-refractivity contribution < 1.29 is 9.84 Å². The zero-order valence-electron chi connectivity index (χ0n) is 12.7. The molecule has 3 nitrogen and oxygen atoms in total. The van der Waals surface area contributed by atoms with E-state index in [-0.39, 0.29) is 12.1 Å². The fourth-order valence-electron chi connectivity index (χ4n) is 2.11. The van der Waals surface area contributed by atoms with Crippen molar-refractivity contribution in [2.45, 2.75) is 46.7 Å². The van der Waals surface area contributed by atoms with Crippen LogP contribution in [-0.2, 0) is 4.74 Å². The van der Waals surface area contributed by atoms with Crippen LogP contribution in [0.15, 0.2) is 18.2 Å². The van der Waals surface area contributed by atoms with Crippen LogP contribution in [0.4, 0.5) is 0 Å². The Morgan fingerprint density at radius 1 is 1.26 bits per heavy atom. The smallest absolute Gasteiger partial charge is 0.120 e. The van der Waals surface area contributed by atoms with Crippen LogP contribution in [0, 0.1) is 12.8 Å². The van der Waals surface area contributed by atoms with Gasteiger partial charge in [-0.25, -0.2) is 0 Å². The first kappa shape index (κ1) is 16.0. The largest absolute Gasteiger partial charge is 0.508 e. The number of phenols is 1. The third-order valence-corrected chi connectivity index (χ3v) is 3.42. The lowest BCUT2D eigenvalue weighted by atomic mass is 10.00. The van der Waals surface area contributed by atoms with Crippen molar-refractivity contribution in [1.29, 1.82) is 0 Å². The number of aromatic hydroxyl groups is 1. The van der Waals surface area contributed by atoms with Gasteiger partial charge in [0, 0.05) is 24.3 Å². The number of benzene rings is 1. The van der Waals surface area contributed by atoms with E-state index < -0.39 is 0 Å². The summed E-state index contributed by atoms with van der Waals surface area (Å²) in [5.41, 5.74) is 2.11. The maximum Gasteiger partial charge on any atom is 0.120 e. The Bertz CT molecular complexity index is 390. The van der Waals surface area contributed by atoms with E-state index in [4.69, 9.17) is 4.74 Å². The predicted octanol–water partition coefficient (Wildman–Crippen LogP) is 3.41. The van der Waals surface area contributed by atoms with E-state index in [2.05, 4.69) is 26.1 Å². The SMILES string of the molecule is CCOCC(NC(C)c1cc(C)ccc1O)C(C)C. The fourth-order valence-corrected chi connectivity index (χ4v) is 2.11. The van der Waals surface area contributed by atoms with Gasteiger partial charge < -0.3 is 15.2 Å². The minimum Gasteiger partial charge on any atom is -0.508 e. The summed E-state index contributed by atoms with van der Waals surface area (Å²) >= 11 is 0. The molecule has 1 aromatic carbocycles. The van der Waals surface area contributed by atoms with Crippen LogP contribution in [-0.4, -0.2) is 24.4 Å². The van der Waals surface area contributed by atoms with E-state index in [9.17, 15) is 5.11 Å². The Morgan fingerprint density at radius 3 is 2.53 bits per heavy atom. The Kier molecular flexibility index (Phi) is 6.32. The molecule has 0 aliphatic heterocycles. The van der Waals surface area contributed by atoms with E-state index in [1.165, 1.54) is 0 Å². The molecular weight excluding hydrogens is 238 g/mol. The van der Waals surface area contributed by atoms with E-state index in [0.717, 1.165) is 17.7 Å². The van der Waals surface area contributed by atoms with Crippen molar-refractivity contribution in [1.82, 2.24) is 5.32 Å². The van der Waals surface area contributed by atoms with Gasteiger partial charge >= 0.3 is 0 Å². The maximum absolute atomic E-state index is 9.96. The van der Waals surface area contributed by atoms with Crippen LogP contribution in [0.1, 0.15) is 44.9 Å². The molecule has 1 rings (SSSR count). The van der Waals surface area contributed by atoms with Gasteiger partial charge in [0.2, 0.25) is 0 Å². The first-order valence-electron chi connectivity index (χ1n) is 7.09. The average Bonchev–Trinajstić information content (AvgIpc) is 2.36. The molecule has 19 heavy (non-hydrogen) atoms. The van der Waals surface area contributed by atoms with Crippen LogP contribution in [0.5, 0.6) is 5.75 Å². The molecule has 0 aliphatic carbocycles. The third-order valence-electron chi connectivity index (χ3n) is 3.42. The minimum absolute atomic E-state index is 0.104. The topological polar surface area (TPSA) is 41.5 Å². The molecule has 0 radical (unpaired) electrons. The van der Waals surface area contributed by atoms with Crippen molar-refractivity contribution in [2.75, 3.05) is 13.2 Å². The van der Waals surface area contributed by atoms with E-state index in [1.54, 1.807) is 6.07 Å². The number of rotatable bonds is 7. The van der Waals surface area contributed by atoms with Gasteiger partial charge in [-0.2, -0.15) is 0 Å². The number of hydrogen-bond donors (Lipinski definition) is 2. The van der Waals surface area contributed by atoms with Crippen LogP contribution in [0.25, 0.3) is 0 Å². The van der Waals surface area contributed by atoms with Crippen molar-refractivity contribution >= 4 is 0 Å². The van der Waals surface area contributed by atoms with Crippen molar-refractivity contribution in [2.24, 2.45) is 5.92 Å². The molecular formula is C16H27NO2. The summed E-state index contributed by atoms with van der Waals surface area (Å²) in [6.07, 6.45) is 0. The summed E-state index contributed by atoms with van der Waals surface area (Å²) in [7, 11) is 0.